The van der Waals surface area contributed by atoms with Crippen LogP contribution < -0.4 is 5.32 Å². The highest BCUT2D eigenvalue weighted by molar-refractivity contribution is 5.91. The molecule has 1 aromatic heterocycles. The molecule has 3 rings (SSSR count). The number of likely N-dealkylation sites (tertiary alicyclic amines) is 1. The molecule has 152 valence electrons. The van der Waals surface area contributed by atoms with E-state index in [2.05, 4.69) is 29.2 Å². The molecular weight excluding hydrogens is 342 g/mol. The van der Waals surface area contributed by atoms with Crippen LogP contribution in [0.15, 0.2) is 10.6 Å². The summed E-state index contributed by atoms with van der Waals surface area (Å²) in [4.78, 5) is 14.8. The van der Waals surface area contributed by atoms with Gasteiger partial charge in [-0.05, 0) is 38.5 Å². The van der Waals surface area contributed by atoms with E-state index in [-0.39, 0.29) is 11.9 Å². The molecule has 6 heteroatoms. The lowest BCUT2D eigenvalue weighted by molar-refractivity contribution is -0.0312. The molecule has 0 spiro atoms. The average molecular weight is 378 g/mol. The third-order valence-corrected chi connectivity index (χ3v) is 6.38. The Morgan fingerprint density at radius 2 is 1.96 bits per heavy atom. The fourth-order valence-corrected chi connectivity index (χ4v) is 4.57. The molecule has 1 aliphatic heterocycles. The van der Waals surface area contributed by atoms with Gasteiger partial charge >= 0.3 is 0 Å². The fourth-order valence-electron chi connectivity index (χ4n) is 4.57. The molecule has 2 aliphatic rings. The van der Waals surface area contributed by atoms with Crippen molar-refractivity contribution in [2.75, 3.05) is 19.6 Å². The maximum absolute atomic E-state index is 12.5. The molecule has 0 bridgehead atoms. The Hall–Kier alpha value is -1.40. The average Bonchev–Trinajstić information content (AvgIpc) is 3.15. The highest BCUT2D eigenvalue weighted by Crippen LogP contribution is 2.29. The molecule has 2 N–H and O–H groups in total. The molecule has 1 saturated carbocycles. The van der Waals surface area contributed by atoms with Crippen molar-refractivity contribution < 1.29 is 14.4 Å². The number of amides is 1. The number of piperidine rings is 1. The number of nitrogens with one attached hydrogen (secondary N) is 1. The molecule has 0 aromatic carbocycles. The lowest BCUT2D eigenvalue weighted by Crippen LogP contribution is -2.50. The zero-order chi connectivity index (χ0) is 19.3. The topological polar surface area (TPSA) is 78.6 Å². The first-order chi connectivity index (χ1) is 13.0. The Bertz CT molecular complexity index is 598. The van der Waals surface area contributed by atoms with E-state index in [1.54, 1.807) is 6.07 Å². The highest BCUT2D eigenvalue weighted by atomic mass is 16.5. The van der Waals surface area contributed by atoms with Gasteiger partial charge in [0.25, 0.3) is 5.91 Å². The second kappa shape index (κ2) is 9.20. The van der Waals surface area contributed by atoms with Gasteiger partial charge in [0, 0.05) is 37.7 Å². The first kappa shape index (κ1) is 20.3. The van der Waals surface area contributed by atoms with Crippen LogP contribution in [0.1, 0.15) is 93.8 Å². The van der Waals surface area contributed by atoms with E-state index in [1.807, 2.05) is 0 Å². The molecule has 1 amide bonds. The Balaban J connectivity index is 1.45. The van der Waals surface area contributed by atoms with Crippen LogP contribution in [0.2, 0.25) is 0 Å². The molecule has 1 saturated heterocycles. The number of aliphatic hydroxyl groups is 1. The Labute approximate surface area is 162 Å². The van der Waals surface area contributed by atoms with Crippen molar-refractivity contribution in [1.82, 2.24) is 15.4 Å². The van der Waals surface area contributed by atoms with Gasteiger partial charge in [-0.3, -0.25) is 4.79 Å². The van der Waals surface area contributed by atoms with Crippen LogP contribution in [0.5, 0.6) is 0 Å². The van der Waals surface area contributed by atoms with Crippen LogP contribution >= 0.6 is 0 Å². The van der Waals surface area contributed by atoms with E-state index >= 15 is 0 Å². The summed E-state index contributed by atoms with van der Waals surface area (Å²) < 4.78 is 5.28. The molecule has 2 fully saturated rings. The van der Waals surface area contributed by atoms with Gasteiger partial charge in [-0.1, -0.05) is 38.3 Å². The molecule has 0 radical (unpaired) electrons. The lowest BCUT2D eigenvalue weighted by atomic mass is 9.84. The molecule has 1 aromatic rings. The third-order valence-electron chi connectivity index (χ3n) is 6.38. The van der Waals surface area contributed by atoms with Gasteiger partial charge in [0.1, 0.15) is 0 Å². The Morgan fingerprint density at radius 1 is 1.30 bits per heavy atom. The van der Waals surface area contributed by atoms with E-state index in [0.717, 1.165) is 76.7 Å². The summed E-state index contributed by atoms with van der Waals surface area (Å²) >= 11 is 0. The molecule has 0 atom stereocenters. The summed E-state index contributed by atoms with van der Waals surface area (Å²) in [6.45, 7) is 6.86. The van der Waals surface area contributed by atoms with Crippen molar-refractivity contribution in [1.29, 1.82) is 0 Å². The van der Waals surface area contributed by atoms with Crippen LogP contribution in [0.25, 0.3) is 0 Å². The summed E-state index contributed by atoms with van der Waals surface area (Å²) in [5.74, 6) is 0.504. The van der Waals surface area contributed by atoms with E-state index in [1.165, 1.54) is 6.42 Å². The zero-order valence-electron chi connectivity index (χ0n) is 16.9. The number of nitrogens with zero attached hydrogens (tertiary/aromatic N) is 2. The van der Waals surface area contributed by atoms with Crippen molar-refractivity contribution in [3.63, 3.8) is 0 Å². The predicted octanol–water partition coefficient (Wildman–Crippen LogP) is 3.47. The lowest BCUT2D eigenvalue weighted by Gasteiger charge is -2.40. The quantitative estimate of drug-likeness (QED) is 0.761. The monoisotopic (exact) mass is 377 g/mol. The van der Waals surface area contributed by atoms with Crippen LogP contribution in [-0.4, -0.2) is 52.3 Å². The molecule has 1 aliphatic carbocycles. The van der Waals surface area contributed by atoms with E-state index in [4.69, 9.17) is 4.52 Å². The van der Waals surface area contributed by atoms with E-state index < -0.39 is 5.60 Å². The van der Waals surface area contributed by atoms with Gasteiger partial charge in [0.15, 0.2) is 0 Å². The largest absolute Gasteiger partial charge is 0.389 e. The minimum absolute atomic E-state index is 0.163. The normalized spacial score (nSPS) is 21.5. The standard InChI is InChI=1S/C21H35N3O3/c1-3-16(4-2)18-14-19(27-23-18)20(25)22-17-8-12-24(13-9-17)15-21(26)10-6-5-7-11-21/h14,16-17,26H,3-13,15H2,1-2H3,(H,22,25). The number of rotatable bonds is 7. The maximum Gasteiger partial charge on any atom is 0.290 e. The van der Waals surface area contributed by atoms with Crippen molar-refractivity contribution >= 4 is 5.91 Å². The van der Waals surface area contributed by atoms with Crippen LogP contribution in [0.4, 0.5) is 0 Å². The summed E-state index contributed by atoms with van der Waals surface area (Å²) in [6.07, 6.45) is 9.19. The minimum Gasteiger partial charge on any atom is -0.389 e. The molecule has 0 unspecified atom stereocenters. The van der Waals surface area contributed by atoms with Crippen molar-refractivity contribution in [2.45, 2.75) is 89.2 Å². The van der Waals surface area contributed by atoms with E-state index in [0.29, 0.717) is 11.7 Å². The summed E-state index contributed by atoms with van der Waals surface area (Å²) in [5.41, 5.74) is 0.375. The fraction of sp³-hybridized carbons (Fsp3) is 0.810. The Morgan fingerprint density at radius 3 is 2.59 bits per heavy atom. The second-order valence-electron chi connectivity index (χ2n) is 8.44. The van der Waals surface area contributed by atoms with Gasteiger partial charge < -0.3 is 19.8 Å². The first-order valence-corrected chi connectivity index (χ1v) is 10.7. The predicted molar refractivity (Wildman–Crippen MR) is 105 cm³/mol. The van der Waals surface area contributed by atoms with Gasteiger partial charge in [0.2, 0.25) is 5.76 Å². The number of carbonyl (C=O) groups excluding carboxylic acids is 1. The Kier molecular flexibility index (Phi) is 6.93. The smallest absolute Gasteiger partial charge is 0.290 e. The maximum atomic E-state index is 12.5. The number of hydrogen-bond donors (Lipinski definition) is 2. The van der Waals surface area contributed by atoms with Crippen molar-refractivity contribution in [2.24, 2.45) is 0 Å². The summed E-state index contributed by atoms with van der Waals surface area (Å²) in [5, 5.41) is 17.9. The van der Waals surface area contributed by atoms with Gasteiger partial charge in [-0.2, -0.15) is 0 Å². The molecule has 27 heavy (non-hydrogen) atoms. The number of hydrogen-bond acceptors (Lipinski definition) is 5. The highest BCUT2D eigenvalue weighted by Gasteiger charge is 2.33. The van der Waals surface area contributed by atoms with Crippen LogP contribution in [-0.2, 0) is 0 Å². The SMILES string of the molecule is CCC(CC)c1cc(C(=O)NC2CCN(CC3(O)CCCCC3)CC2)on1. The third kappa shape index (κ3) is 5.32. The number of β-amino-alcohol motifs (C(OH)–C–C–N with tert-alkyl or cyclic N) is 1. The summed E-state index contributed by atoms with van der Waals surface area (Å²) in [6, 6.07) is 1.96. The first-order valence-electron chi connectivity index (χ1n) is 10.7. The number of aromatic nitrogens is 1. The minimum atomic E-state index is -0.500. The zero-order valence-corrected chi connectivity index (χ0v) is 16.9. The molecular formula is C21H35N3O3. The number of carbonyl (C=O) groups is 1. The van der Waals surface area contributed by atoms with Crippen LogP contribution in [0.3, 0.4) is 0 Å². The van der Waals surface area contributed by atoms with E-state index in [9.17, 15) is 9.90 Å². The van der Waals surface area contributed by atoms with Crippen molar-refractivity contribution in [3.05, 3.63) is 17.5 Å². The molecule has 6 nitrogen and oxygen atoms in total. The second-order valence-corrected chi connectivity index (χ2v) is 8.44. The van der Waals surface area contributed by atoms with Gasteiger partial charge in [-0.15, -0.1) is 0 Å². The van der Waals surface area contributed by atoms with Gasteiger partial charge in [-0.25, -0.2) is 0 Å². The van der Waals surface area contributed by atoms with Crippen LogP contribution in [0, 0.1) is 0 Å². The molecule has 2 heterocycles. The van der Waals surface area contributed by atoms with Crippen molar-refractivity contribution in [3.8, 4) is 0 Å². The van der Waals surface area contributed by atoms with Gasteiger partial charge in [0.05, 0.1) is 11.3 Å². The summed E-state index contributed by atoms with van der Waals surface area (Å²) in [7, 11) is 0.